The van der Waals surface area contributed by atoms with Crippen molar-refractivity contribution in [3.05, 3.63) is 118 Å². The summed E-state index contributed by atoms with van der Waals surface area (Å²) in [5.41, 5.74) is 1.14. The van der Waals surface area contributed by atoms with E-state index in [2.05, 4.69) is 11.6 Å². The van der Waals surface area contributed by atoms with Gasteiger partial charge in [-0.2, -0.15) is 0 Å². The van der Waals surface area contributed by atoms with E-state index in [0.29, 0.717) is 26.2 Å². The summed E-state index contributed by atoms with van der Waals surface area (Å²) in [6.07, 6.45) is 2.49. The fraction of sp³-hybridized carbons (Fsp3) is 0.308. The molecule has 1 saturated heterocycles. The van der Waals surface area contributed by atoms with E-state index in [4.69, 9.17) is 14.2 Å². The Morgan fingerprint density at radius 1 is 0.970 bits per heavy atom. The van der Waals surface area contributed by atoms with Gasteiger partial charge >= 0.3 is 5.69 Å². The minimum absolute atomic E-state index is 0.180. The van der Waals surface area contributed by atoms with Crippen LogP contribution >= 0.6 is 0 Å². The standard InChI is InChI=1S/C26H28N2O5/c1-2-9-21-24(32-17-20-12-7-4-8-13-20)22(18-31-16-19-10-5-3-6-11-19)33-25(21)28-15-14-23(29)27-26(28)30/h2-8,10-15,21-22,24-25H,1,9,16-18H2,(H,27,29,30). The molecule has 0 aliphatic carbocycles. The molecule has 4 unspecified atom stereocenters. The number of hydrogen-bond donors (Lipinski definition) is 1. The Morgan fingerprint density at radius 3 is 2.27 bits per heavy atom. The van der Waals surface area contributed by atoms with Crippen molar-refractivity contribution in [1.82, 2.24) is 9.55 Å². The van der Waals surface area contributed by atoms with E-state index in [0.717, 1.165) is 11.1 Å². The molecule has 1 fully saturated rings. The number of nitrogens with zero attached hydrogens (tertiary/aromatic N) is 1. The Hall–Kier alpha value is -3.26. The highest BCUT2D eigenvalue weighted by atomic mass is 16.6. The second-order valence-electron chi connectivity index (χ2n) is 8.03. The molecule has 33 heavy (non-hydrogen) atoms. The van der Waals surface area contributed by atoms with Crippen LogP contribution in [0.3, 0.4) is 0 Å². The average molecular weight is 449 g/mol. The van der Waals surface area contributed by atoms with Gasteiger partial charge in [-0.15, -0.1) is 6.58 Å². The SMILES string of the molecule is C=CCC1C(OCc2ccccc2)C(COCc2ccccc2)OC1n1ccc(=O)[nH]c1=O. The van der Waals surface area contributed by atoms with E-state index in [9.17, 15) is 9.59 Å². The molecule has 2 heterocycles. The second kappa shape index (κ2) is 11.0. The van der Waals surface area contributed by atoms with Crippen LogP contribution < -0.4 is 11.2 Å². The molecule has 1 N–H and O–H groups in total. The van der Waals surface area contributed by atoms with Gasteiger partial charge in [0.1, 0.15) is 12.3 Å². The molecular formula is C26H28N2O5. The molecule has 4 rings (SSSR count). The number of aromatic nitrogens is 2. The molecule has 1 aliphatic heterocycles. The van der Waals surface area contributed by atoms with Crippen LogP contribution in [0.2, 0.25) is 0 Å². The summed E-state index contributed by atoms with van der Waals surface area (Å²) >= 11 is 0. The number of rotatable bonds is 10. The van der Waals surface area contributed by atoms with Gasteiger partial charge in [-0.25, -0.2) is 4.79 Å². The first-order valence-electron chi connectivity index (χ1n) is 11.0. The van der Waals surface area contributed by atoms with E-state index in [1.165, 1.54) is 16.8 Å². The summed E-state index contributed by atoms with van der Waals surface area (Å²) in [6.45, 7) is 5.04. The predicted octanol–water partition coefficient (Wildman–Crippen LogP) is 3.43. The van der Waals surface area contributed by atoms with Crippen LogP contribution in [0.15, 0.2) is 95.2 Å². The third kappa shape index (κ3) is 5.76. The van der Waals surface area contributed by atoms with Gasteiger partial charge in [-0.05, 0) is 17.5 Å². The molecule has 2 aromatic carbocycles. The Kier molecular flexibility index (Phi) is 7.67. The molecule has 0 radical (unpaired) electrons. The number of allylic oxidation sites excluding steroid dienone is 1. The maximum atomic E-state index is 12.5. The van der Waals surface area contributed by atoms with E-state index < -0.39 is 23.6 Å². The summed E-state index contributed by atoms with van der Waals surface area (Å²) < 4.78 is 20.0. The number of ether oxygens (including phenoxy) is 3. The van der Waals surface area contributed by atoms with Gasteiger partial charge in [0.2, 0.25) is 0 Å². The first-order valence-corrected chi connectivity index (χ1v) is 11.0. The van der Waals surface area contributed by atoms with Crippen LogP contribution in [0.1, 0.15) is 23.8 Å². The van der Waals surface area contributed by atoms with Gasteiger partial charge in [0.25, 0.3) is 5.56 Å². The Balaban J connectivity index is 1.55. The van der Waals surface area contributed by atoms with Gasteiger partial charge in [-0.3, -0.25) is 14.3 Å². The van der Waals surface area contributed by atoms with Gasteiger partial charge in [0.05, 0.1) is 25.9 Å². The fourth-order valence-corrected chi connectivity index (χ4v) is 4.14. The maximum absolute atomic E-state index is 12.5. The third-order valence-electron chi connectivity index (χ3n) is 5.71. The quantitative estimate of drug-likeness (QED) is 0.481. The van der Waals surface area contributed by atoms with Crippen LogP contribution in [-0.2, 0) is 27.4 Å². The molecule has 0 amide bonds. The van der Waals surface area contributed by atoms with E-state index in [1.807, 2.05) is 60.7 Å². The first-order chi connectivity index (χ1) is 16.2. The first kappa shape index (κ1) is 22.9. The minimum atomic E-state index is -0.613. The number of hydrogen-bond acceptors (Lipinski definition) is 5. The Bertz CT molecular complexity index is 1140. The van der Waals surface area contributed by atoms with E-state index in [1.54, 1.807) is 6.08 Å². The lowest BCUT2D eigenvalue weighted by atomic mass is 9.95. The molecule has 3 aromatic rings. The summed E-state index contributed by atoms with van der Waals surface area (Å²) in [4.78, 5) is 26.4. The summed E-state index contributed by atoms with van der Waals surface area (Å²) in [6, 6.07) is 21.1. The highest BCUT2D eigenvalue weighted by molar-refractivity contribution is 5.14. The van der Waals surface area contributed by atoms with Crippen LogP contribution in [0.4, 0.5) is 0 Å². The molecule has 4 atom stereocenters. The van der Waals surface area contributed by atoms with Crippen molar-refractivity contribution in [3.63, 3.8) is 0 Å². The number of nitrogens with one attached hydrogen (secondary N) is 1. The van der Waals surface area contributed by atoms with E-state index >= 15 is 0 Å². The van der Waals surface area contributed by atoms with Crippen molar-refractivity contribution in [2.24, 2.45) is 5.92 Å². The highest BCUT2D eigenvalue weighted by Gasteiger charge is 2.46. The predicted molar refractivity (Wildman–Crippen MR) is 125 cm³/mol. The average Bonchev–Trinajstić information content (AvgIpc) is 3.16. The fourth-order valence-electron chi connectivity index (χ4n) is 4.14. The zero-order valence-electron chi connectivity index (χ0n) is 18.3. The number of H-pyrrole nitrogens is 1. The molecule has 1 aliphatic rings. The highest BCUT2D eigenvalue weighted by Crippen LogP contribution is 2.39. The molecule has 172 valence electrons. The monoisotopic (exact) mass is 448 g/mol. The van der Waals surface area contributed by atoms with Crippen molar-refractivity contribution in [3.8, 4) is 0 Å². The normalized spacial score (nSPS) is 22.3. The van der Waals surface area contributed by atoms with Crippen molar-refractivity contribution >= 4 is 0 Å². The lowest BCUT2D eigenvalue weighted by molar-refractivity contribution is -0.0832. The van der Waals surface area contributed by atoms with Gasteiger partial charge in [0, 0.05) is 18.2 Å². The van der Waals surface area contributed by atoms with Crippen LogP contribution in [0, 0.1) is 5.92 Å². The molecule has 0 spiro atoms. The van der Waals surface area contributed by atoms with Crippen molar-refractivity contribution in [2.75, 3.05) is 6.61 Å². The third-order valence-corrected chi connectivity index (χ3v) is 5.71. The topological polar surface area (TPSA) is 82.6 Å². The van der Waals surface area contributed by atoms with Crippen LogP contribution in [0.25, 0.3) is 0 Å². The smallest absolute Gasteiger partial charge is 0.330 e. The largest absolute Gasteiger partial charge is 0.374 e. The molecular weight excluding hydrogens is 420 g/mol. The van der Waals surface area contributed by atoms with E-state index in [-0.39, 0.29) is 12.0 Å². The maximum Gasteiger partial charge on any atom is 0.330 e. The van der Waals surface area contributed by atoms with Crippen molar-refractivity contribution in [1.29, 1.82) is 0 Å². The van der Waals surface area contributed by atoms with Crippen LogP contribution in [0.5, 0.6) is 0 Å². The van der Waals surface area contributed by atoms with Crippen molar-refractivity contribution in [2.45, 2.75) is 38.1 Å². The second-order valence-corrected chi connectivity index (χ2v) is 8.03. The summed E-state index contributed by atoms with van der Waals surface area (Å²) in [7, 11) is 0. The molecule has 0 bridgehead atoms. The zero-order chi connectivity index (χ0) is 23.0. The lowest BCUT2D eigenvalue weighted by Gasteiger charge is -2.24. The number of aromatic amines is 1. The van der Waals surface area contributed by atoms with Crippen molar-refractivity contribution < 1.29 is 14.2 Å². The van der Waals surface area contributed by atoms with Gasteiger partial charge < -0.3 is 14.2 Å². The number of benzene rings is 2. The molecule has 7 nitrogen and oxygen atoms in total. The zero-order valence-corrected chi connectivity index (χ0v) is 18.3. The Labute approximate surface area is 192 Å². The minimum Gasteiger partial charge on any atom is -0.374 e. The van der Waals surface area contributed by atoms with Crippen LogP contribution in [-0.4, -0.2) is 28.4 Å². The molecule has 1 aromatic heterocycles. The van der Waals surface area contributed by atoms with Gasteiger partial charge in [0.15, 0.2) is 0 Å². The Morgan fingerprint density at radius 2 is 1.64 bits per heavy atom. The van der Waals surface area contributed by atoms with Gasteiger partial charge in [-0.1, -0.05) is 66.7 Å². The molecule has 7 heteroatoms. The molecule has 0 saturated carbocycles. The summed E-state index contributed by atoms with van der Waals surface area (Å²) in [5.74, 6) is -0.180. The lowest BCUT2D eigenvalue weighted by Crippen LogP contribution is -2.35. The summed E-state index contributed by atoms with van der Waals surface area (Å²) in [5, 5.41) is 0.